The van der Waals surface area contributed by atoms with E-state index in [1.54, 1.807) is 18.2 Å². The summed E-state index contributed by atoms with van der Waals surface area (Å²) in [5.74, 6) is 0.0717. The average Bonchev–Trinajstić information content (AvgIpc) is 2.74. The van der Waals surface area contributed by atoms with Crippen molar-refractivity contribution < 1.29 is 33.3 Å². The van der Waals surface area contributed by atoms with Crippen molar-refractivity contribution in [3.05, 3.63) is 54.1 Å². The third-order valence-corrected chi connectivity index (χ3v) is 4.58. The van der Waals surface area contributed by atoms with E-state index in [1.165, 1.54) is 28.1 Å². The quantitative estimate of drug-likeness (QED) is 0.396. The number of rotatable bonds is 7. The van der Waals surface area contributed by atoms with E-state index in [0.29, 0.717) is 16.5 Å². The Hall–Kier alpha value is -3.74. The van der Waals surface area contributed by atoms with Gasteiger partial charge in [-0.05, 0) is 30.7 Å². The number of esters is 2. The molecule has 0 aliphatic rings. The Morgan fingerprint density at radius 1 is 0.742 bits per heavy atom. The van der Waals surface area contributed by atoms with E-state index in [9.17, 15) is 9.59 Å². The fourth-order valence-corrected chi connectivity index (χ4v) is 3.29. The van der Waals surface area contributed by atoms with Crippen LogP contribution >= 0.6 is 0 Å². The van der Waals surface area contributed by atoms with Crippen molar-refractivity contribution in [2.75, 3.05) is 14.2 Å². The molecule has 0 radical (unpaired) electrons. The SMILES string of the molecule is COc1c(OC)c(OC(C)=O)c2cc(OC(C)c3ccccc3)ccc2c1OC(C)=O. The molecule has 0 spiro atoms. The molecule has 3 aromatic carbocycles. The van der Waals surface area contributed by atoms with Crippen LogP contribution in [0, 0.1) is 0 Å². The van der Waals surface area contributed by atoms with E-state index in [1.807, 2.05) is 37.3 Å². The Kier molecular flexibility index (Phi) is 6.65. The number of benzene rings is 3. The summed E-state index contributed by atoms with van der Waals surface area (Å²) in [5, 5.41) is 0.977. The zero-order valence-electron chi connectivity index (χ0n) is 18.1. The highest BCUT2D eigenvalue weighted by Gasteiger charge is 2.26. The Balaban J connectivity index is 2.20. The van der Waals surface area contributed by atoms with E-state index in [4.69, 9.17) is 23.7 Å². The maximum atomic E-state index is 11.8. The number of ether oxygens (including phenoxy) is 5. The lowest BCUT2D eigenvalue weighted by Crippen LogP contribution is -2.09. The van der Waals surface area contributed by atoms with Crippen molar-refractivity contribution in [2.45, 2.75) is 26.9 Å². The first-order chi connectivity index (χ1) is 14.8. The van der Waals surface area contributed by atoms with Gasteiger partial charge in [-0.15, -0.1) is 0 Å². The van der Waals surface area contributed by atoms with Crippen LogP contribution in [0.15, 0.2) is 48.5 Å². The largest absolute Gasteiger partial charge is 0.490 e. The molecule has 0 N–H and O–H groups in total. The van der Waals surface area contributed by atoms with Crippen molar-refractivity contribution in [1.82, 2.24) is 0 Å². The molecule has 162 valence electrons. The molecule has 0 fully saturated rings. The van der Waals surface area contributed by atoms with Crippen molar-refractivity contribution in [3.63, 3.8) is 0 Å². The summed E-state index contributed by atoms with van der Waals surface area (Å²) < 4.78 is 27.9. The smallest absolute Gasteiger partial charge is 0.308 e. The van der Waals surface area contributed by atoms with Crippen LogP contribution in [-0.2, 0) is 9.59 Å². The lowest BCUT2D eigenvalue weighted by atomic mass is 10.1. The van der Waals surface area contributed by atoms with E-state index in [-0.39, 0.29) is 29.1 Å². The van der Waals surface area contributed by atoms with Crippen LogP contribution in [0.2, 0.25) is 0 Å². The van der Waals surface area contributed by atoms with E-state index < -0.39 is 11.9 Å². The van der Waals surface area contributed by atoms with Gasteiger partial charge in [-0.1, -0.05) is 30.3 Å². The van der Waals surface area contributed by atoms with Crippen LogP contribution in [-0.4, -0.2) is 26.2 Å². The predicted octanol–water partition coefficient (Wildman–Crippen LogP) is 4.85. The fourth-order valence-electron chi connectivity index (χ4n) is 3.29. The monoisotopic (exact) mass is 424 g/mol. The zero-order valence-corrected chi connectivity index (χ0v) is 18.1. The molecule has 0 saturated carbocycles. The van der Waals surface area contributed by atoms with Crippen LogP contribution in [0.3, 0.4) is 0 Å². The molecule has 0 aliphatic heterocycles. The summed E-state index contributed by atoms with van der Waals surface area (Å²) in [6.07, 6.45) is -0.219. The van der Waals surface area contributed by atoms with Crippen LogP contribution in [0.4, 0.5) is 0 Å². The summed E-state index contributed by atoms with van der Waals surface area (Å²) in [6, 6.07) is 14.9. The van der Waals surface area contributed by atoms with Gasteiger partial charge in [-0.3, -0.25) is 9.59 Å². The van der Waals surface area contributed by atoms with Gasteiger partial charge in [0.2, 0.25) is 11.5 Å². The lowest BCUT2D eigenvalue weighted by molar-refractivity contribution is -0.133. The Labute approximate surface area is 180 Å². The standard InChI is InChI=1S/C24H24O7/c1-14(17-9-7-6-8-10-17)29-18-11-12-19-20(13-18)22(31-16(3)26)24(28-5)23(27-4)21(19)30-15(2)25/h6-14H,1-5H3. The van der Waals surface area contributed by atoms with Crippen LogP contribution in [0.5, 0.6) is 28.7 Å². The number of hydrogen-bond donors (Lipinski definition) is 0. The van der Waals surface area contributed by atoms with Gasteiger partial charge in [0.05, 0.1) is 14.2 Å². The van der Waals surface area contributed by atoms with Gasteiger partial charge in [0.15, 0.2) is 11.5 Å². The summed E-state index contributed by atoms with van der Waals surface area (Å²) >= 11 is 0. The maximum Gasteiger partial charge on any atom is 0.308 e. The molecule has 7 heteroatoms. The van der Waals surface area contributed by atoms with Crippen molar-refractivity contribution in [1.29, 1.82) is 0 Å². The Bertz CT molecular complexity index is 1110. The molecular weight excluding hydrogens is 400 g/mol. The van der Waals surface area contributed by atoms with E-state index >= 15 is 0 Å². The van der Waals surface area contributed by atoms with Gasteiger partial charge in [0.25, 0.3) is 0 Å². The summed E-state index contributed by atoms with van der Waals surface area (Å²) in [5.41, 5.74) is 1.01. The number of hydrogen-bond acceptors (Lipinski definition) is 7. The fraction of sp³-hybridized carbons (Fsp3) is 0.250. The number of carbonyl (C=O) groups excluding carboxylic acids is 2. The maximum absolute atomic E-state index is 11.8. The van der Waals surface area contributed by atoms with Crippen molar-refractivity contribution >= 4 is 22.7 Å². The molecule has 7 nitrogen and oxygen atoms in total. The third kappa shape index (κ3) is 4.71. The van der Waals surface area contributed by atoms with Gasteiger partial charge in [-0.25, -0.2) is 0 Å². The third-order valence-electron chi connectivity index (χ3n) is 4.58. The first-order valence-corrected chi connectivity index (χ1v) is 9.65. The van der Waals surface area contributed by atoms with Gasteiger partial charge in [-0.2, -0.15) is 0 Å². The molecule has 0 heterocycles. The summed E-state index contributed by atoms with van der Waals surface area (Å²) in [6.45, 7) is 4.51. The highest BCUT2D eigenvalue weighted by atomic mass is 16.6. The molecule has 0 amide bonds. The molecule has 3 aromatic rings. The van der Waals surface area contributed by atoms with E-state index in [2.05, 4.69) is 0 Å². The highest BCUT2D eigenvalue weighted by Crippen LogP contribution is 2.52. The second kappa shape index (κ2) is 9.38. The first kappa shape index (κ1) is 22.0. The molecule has 1 unspecified atom stereocenters. The van der Waals surface area contributed by atoms with Crippen LogP contribution < -0.4 is 23.7 Å². The molecule has 3 rings (SSSR count). The molecule has 31 heavy (non-hydrogen) atoms. The topological polar surface area (TPSA) is 80.3 Å². The summed E-state index contributed by atoms with van der Waals surface area (Å²) in [7, 11) is 2.82. The molecule has 1 atom stereocenters. The van der Waals surface area contributed by atoms with E-state index in [0.717, 1.165) is 5.56 Å². The van der Waals surface area contributed by atoms with Crippen molar-refractivity contribution in [2.24, 2.45) is 0 Å². The number of methoxy groups -OCH3 is 2. The molecule has 0 bridgehead atoms. The normalized spacial score (nSPS) is 11.5. The average molecular weight is 424 g/mol. The summed E-state index contributed by atoms with van der Waals surface area (Å²) in [4.78, 5) is 23.5. The Morgan fingerprint density at radius 2 is 1.29 bits per heavy atom. The van der Waals surface area contributed by atoms with Gasteiger partial charge in [0.1, 0.15) is 11.9 Å². The Morgan fingerprint density at radius 3 is 1.81 bits per heavy atom. The predicted molar refractivity (Wildman–Crippen MR) is 115 cm³/mol. The zero-order chi connectivity index (χ0) is 22.5. The van der Waals surface area contributed by atoms with Crippen molar-refractivity contribution in [3.8, 4) is 28.7 Å². The van der Waals surface area contributed by atoms with Gasteiger partial charge < -0.3 is 23.7 Å². The molecular formula is C24H24O7. The van der Waals surface area contributed by atoms with Crippen LogP contribution in [0.25, 0.3) is 10.8 Å². The van der Waals surface area contributed by atoms with Crippen LogP contribution in [0.1, 0.15) is 32.4 Å². The minimum absolute atomic E-state index is 0.134. The second-order valence-corrected chi connectivity index (χ2v) is 6.79. The molecule has 0 aliphatic carbocycles. The van der Waals surface area contributed by atoms with Gasteiger partial charge >= 0.3 is 11.9 Å². The van der Waals surface area contributed by atoms with Gasteiger partial charge in [0, 0.05) is 24.6 Å². The minimum Gasteiger partial charge on any atom is -0.490 e. The second-order valence-electron chi connectivity index (χ2n) is 6.79. The number of fused-ring (bicyclic) bond motifs is 1. The number of carbonyl (C=O) groups is 2. The highest BCUT2D eigenvalue weighted by molar-refractivity contribution is 6.01. The molecule has 0 aromatic heterocycles. The molecule has 0 saturated heterocycles. The minimum atomic E-state index is -0.536. The lowest BCUT2D eigenvalue weighted by Gasteiger charge is -2.20. The first-order valence-electron chi connectivity index (χ1n) is 9.65.